The van der Waals surface area contributed by atoms with Crippen LogP contribution in [-0.2, 0) is 0 Å². The zero-order chi connectivity index (χ0) is 20.3. The SMILES string of the molecule is CCCCCCCCCC1CCC(c2ccc(C3=CCC(CC)CC3)cc2)CC1. The van der Waals surface area contributed by atoms with Gasteiger partial charge in [-0.2, -0.15) is 0 Å². The Bertz CT molecular complexity index is 585. The number of hydrogen-bond acceptors (Lipinski definition) is 0. The highest BCUT2D eigenvalue weighted by atomic mass is 14.3. The zero-order valence-electron chi connectivity index (χ0n) is 19.4. The summed E-state index contributed by atoms with van der Waals surface area (Å²) in [6.07, 6.45) is 25.2. The van der Waals surface area contributed by atoms with Gasteiger partial charge in [0.25, 0.3) is 0 Å². The molecule has 0 saturated heterocycles. The molecule has 1 fully saturated rings. The first-order valence-electron chi connectivity index (χ1n) is 13.1. The smallest absolute Gasteiger partial charge is 0.0162 e. The van der Waals surface area contributed by atoms with Crippen LogP contribution < -0.4 is 0 Å². The van der Waals surface area contributed by atoms with Gasteiger partial charge >= 0.3 is 0 Å². The molecule has 3 rings (SSSR count). The summed E-state index contributed by atoms with van der Waals surface area (Å²) in [5.41, 5.74) is 4.68. The first-order chi connectivity index (χ1) is 14.3. The van der Waals surface area contributed by atoms with Gasteiger partial charge in [0.1, 0.15) is 0 Å². The van der Waals surface area contributed by atoms with E-state index in [1.165, 1.54) is 108 Å². The molecule has 0 bridgehead atoms. The van der Waals surface area contributed by atoms with Crippen molar-refractivity contribution in [1.82, 2.24) is 0 Å². The van der Waals surface area contributed by atoms with E-state index in [4.69, 9.17) is 0 Å². The minimum Gasteiger partial charge on any atom is -0.0804 e. The Kier molecular flexibility index (Phi) is 9.84. The van der Waals surface area contributed by atoms with Crippen LogP contribution in [0.25, 0.3) is 5.57 Å². The standard InChI is InChI=1S/C29H46/c1-3-5-6-7-8-9-10-11-25-14-18-27(19-15-25)29-22-20-28(21-23-29)26-16-12-24(4-2)13-17-26/h16,20-25,27H,3-15,17-19H2,1-2H3. The van der Waals surface area contributed by atoms with Gasteiger partial charge in [-0.1, -0.05) is 102 Å². The maximum atomic E-state index is 2.52. The van der Waals surface area contributed by atoms with Gasteiger partial charge in [0.2, 0.25) is 0 Å². The molecule has 0 N–H and O–H groups in total. The van der Waals surface area contributed by atoms with Gasteiger partial charge in [-0.15, -0.1) is 0 Å². The van der Waals surface area contributed by atoms with Crippen LogP contribution in [0.3, 0.4) is 0 Å². The normalized spacial score (nSPS) is 25.0. The summed E-state index contributed by atoms with van der Waals surface area (Å²) in [6, 6.07) is 9.73. The lowest BCUT2D eigenvalue weighted by molar-refractivity contribution is 0.302. The average Bonchev–Trinajstić information content (AvgIpc) is 2.79. The molecular weight excluding hydrogens is 348 g/mol. The van der Waals surface area contributed by atoms with Crippen molar-refractivity contribution in [3.05, 3.63) is 41.5 Å². The van der Waals surface area contributed by atoms with Gasteiger partial charge in [0, 0.05) is 0 Å². The molecule has 29 heavy (non-hydrogen) atoms. The Balaban J connectivity index is 1.36. The topological polar surface area (TPSA) is 0 Å². The highest BCUT2D eigenvalue weighted by Gasteiger charge is 2.22. The third-order valence-electron chi connectivity index (χ3n) is 7.91. The number of rotatable bonds is 11. The lowest BCUT2D eigenvalue weighted by Gasteiger charge is -2.29. The molecule has 2 aliphatic rings. The molecule has 1 saturated carbocycles. The summed E-state index contributed by atoms with van der Waals surface area (Å²) in [5.74, 6) is 2.76. The maximum Gasteiger partial charge on any atom is -0.0162 e. The van der Waals surface area contributed by atoms with Crippen molar-refractivity contribution >= 4 is 5.57 Å². The molecule has 0 heterocycles. The van der Waals surface area contributed by atoms with Crippen molar-refractivity contribution in [1.29, 1.82) is 0 Å². The van der Waals surface area contributed by atoms with E-state index in [9.17, 15) is 0 Å². The molecule has 0 spiro atoms. The van der Waals surface area contributed by atoms with E-state index in [2.05, 4.69) is 44.2 Å². The fraction of sp³-hybridized carbons (Fsp3) is 0.724. The molecule has 0 nitrogen and oxygen atoms in total. The van der Waals surface area contributed by atoms with Crippen molar-refractivity contribution < 1.29 is 0 Å². The fourth-order valence-corrected chi connectivity index (χ4v) is 5.67. The lowest BCUT2D eigenvalue weighted by atomic mass is 9.76. The van der Waals surface area contributed by atoms with Crippen molar-refractivity contribution in [3.63, 3.8) is 0 Å². The first-order valence-corrected chi connectivity index (χ1v) is 13.1. The molecular formula is C29H46. The summed E-state index contributed by atoms with van der Waals surface area (Å²) < 4.78 is 0. The van der Waals surface area contributed by atoms with Crippen LogP contribution in [0.2, 0.25) is 0 Å². The summed E-state index contributed by atoms with van der Waals surface area (Å²) in [7, 11) is 0. The van der Waals surface area contributed by atoms with Gasteiger partial charge in [-0.3, -0.25) is 0 Å². The van der Waals surface area contributed by atoms with Gasteiger partial charge in [0.05, 0.1) is 0 Å². The Morgan fingerprint density at radius 1 is 0.724 bits per heavy atom. The van der Waals surface area contributed by atoms with Gasteiger partial charge in [-0.25, -0.2) is 0 Å². The molecule has 1 aromatic rings. The number of allylic oxidation sites excluding steroid dienone is 2. The van der Waals surface area contributed by atoms with E-state index >= 15 is 0 Å². The summed E-state index contributed by atoms with van der Waals surface area (Å²) >= 11 is 0. The molecule has 0 aromatic heterocycles. The quantitative estimate of drug-likeness (QED) is 0.328. The lowest BCUT2D eigenvalue weighted by Crippen LogP contribution is -2.13. The molecule has 0 radical (unpaired) electrons. The number of unbranched alkanes of at least 4 members (excludes halogenated alkanes) is 6. The highest BCUT2D eigenvalue weighted by molar-refractivity contribution is 5.66. The monoisotopic (exact) mass is 394 g/mol. The number of hydrogen-bond donors (Lipinski definition) is 0. The van der Waals surface area contributed by atoms with E-state index in [1.807, 2.05) is 0 Å². The van der Waals surface area contributed by atoms with Crippen LogP contribution in [0, 0.1) is 11.8 Å². The van der Waals surface area contributed by atoms with Crippen molar-refractivity contribution in [3.8, 4) is 0 Å². The van der Waals surface area contributed by atoms with Crippen LogP contribution in [0.1, 0.15) is 134 Å². The minimum absolute atomic E-state index is 0.819. The Hall–Kier alpha value is -1.04. The van der Waals surface area contributed by atoms with Crippen molar-refractivity contribution in [2.75, 3.05) is 0 Å². The summed E-state index contributed by atoms with van der Waals surface area (Å²) in [4.78, 5) is 0. The maximum absolute atomic E-state index is 2.52. The Labute approximate surface area is 181 Å². The predicted molar refractivity (Wildman–Crippen MR) is 129 cm³/mol. The highest BCUT2D eigenvalue weighted by Crippen LogP contribution is 2.38. The fourth-order valence-electron chi connectivity index (χ4n) is 5.67. The average molecular weight is 395 g/mol. The van der Waals surface area contributed by atoms with Crippen LogP contribution in [-0.4, -0.2) is 0 Å². The zero-order valence-corrected chi connectivity index (χ0v) is 19.4. The molecule has 0 aliphatic heterocycles. The van der Waals surface area contributed by atoms with Gasteiger partial charge in [0.15, 0.2) is 0 Å². The molecule has 2 aliphatic carbocycles. The van der Waals surface area contributed by atoms with E-state index in [0.29, 0.717) is 0 Å². The molecule has 0 heteroatoms. The second-order valence-corrected chi connectivity index (χ2v) is 10.0. The van der Waals surface area contributed by atoms with Crippen molar-refractivity contribution in [2.45, 2.75) is 122 Å². The van der Waals surface area contributed by atoms with Crippen LogP contribution in [0.15, 0.2) is 30.3 Å². The molecule has 162 valence electrons. The van der Waals surface area contributed by atoms with E-state index in [-0.39, 0.29) is 0 Å². The Morgan fingerprint density at radius 3 is 2.03 bits per heavy atom. The molecule has 0 amide bonds. The predicted octanol–water partition coefficient (Wildman–Crippen LogP) is 9.69. The van der Waals surface area contributed by atoms with E-state index < -0.39 is 0 Å². The van der Waals surface area contributed by atoms with E-state index in [0.717, 1.165) is 17.8 Å². The molecule has 1 atom stereocenters. The van der Waals surface area contributed by atoms with Crippen LogP contribution in [0.4, 0.5) is 0 Å². The summed E-state index contributed by atoms with van der Waals surface area (Å²) in [6.45, 7) is 4.64. The van der Waals surface area contributed by atoms with Gasteiger partial charge < -0.3 is 0 Å². The third kappa shape index (κ3) is 7.30. The second kappa shape index (κ2) is 12.6. The van der Waals surface area contributed by atoms with Crippen LogP contribution in [0.5, 0.6) is 0 Å². The van der Waals surface area contributed by atoms with Gasteiger partial charge in [-0.05, 0) is 79.4 Å². The second-order valence-electron chi connectivity index (χ2n) is 10.0. The summed E-state index contributed by atoms with van der Waals surface area (Å²) in [5, 5.41) is 0. The van der Waals surface area contributed by atoms with Crippen molar-refractivity contribution in [2.24, 2.45) is 11.8 Å². The largest absolute Gasteiger partial charge is 0.0804 e. The first kappa shape index (κ1) is 22.6. The molecule has 1 unspecified atom stereocenters. The molecule has 1 aromatic carbocycles. The number of benzene rings is 1. The Morgan fingerprint density at radius 2 is 1.41 bits per heavy atom. The minimum atomic E-state index is 0.819. The van der Waals surface area contributed by atoms with E-state index in [1.54, 1.807) is 11.1 Å². The van der Waals surface area contributed by atoms with Crippen LogP contribution >= 0.6 is 0 Å². The third-order valence-corrected chi connectivity index (χ3v) is 7.91.